The Morgan fingerprint density at radius 1 is 1.06 bits per heavy atom. The SMILES string of the molecule is CCCOc1cc(N)cc(OCCC(F)(F)F)c1. The average Bonchev–Trinajstić information content (AvgIpc) is 2.24. The van der Waals surface area contributed by atoms with E-state index in [0.717, 1.165) is 6.42 Å². The maximum atomic E-state index is 12.0. The van der Waals surface area contributed by atoms with Crippen LogP contribution < -0.4 is 15.2 Å². The first-order valence-electron chi connectivity index (χ1n) is 5.63. The summed E-state index contributed by atoms with van der Waals surface area (Å²) in [4.78, 5) is 0. The van der Waals surface area contributed by atoms with Crippen LogP contribution >= 0.6 is 0 Å². The van der Waals surface area contributed by atoms with Crippen molar-refractivity contribution < 1.29 is 22.6 Å². The number of benzene rings is 1. The van der Waals surface area contributed by atoms with Gasteiger partial charge in [-0.25, -0.2) is 0 Å². The zero-order valence-electron chi connectivity index (χ0n) is 10.1. The van der Waals surface area contributed by atoms with E-state index in [9.17, 15) is 13.2 Å². The molecule has 1 aromatic carbocycles. The van der Waals surface area contributed by atoms with Crippen LogP contribution in [-0.4, -0.2) is 19.4 Å². The Balaban J connectivity index is 2.57. The lowest BCUT2D eigenvalue weighted by Crippen LogP contribution is -2.13. The largest absolute Gasteiger partial charge is 0.493 e. The van der Waals surface area contributed by atoms with Gasteiger partial charge in [0.1, 0.15) is 11.5 Å². The summed E-state index contributed by atoms with van der Waals surface area (Å²) >= 11 is 0. The molecule has 0 bridgehead atoms. The van der Waals surface area contributed by atoms with Crippen molar-refractivity contribution in [1.82, 2.24) is 0 Å². The molecule has 0 aliphatic carbocycles. The van der Waals surface area contributed by atoms with E-state index in [4.69, 9.17) is 15.2 Å². The first kappa shape index (κ1) is 14.5. The van der Waals surface area contributed by atoms with Gasteiger partial charge in [-0.1, -0.05) is 6.92 Å². The predicted molar refractivity (Wildman–Crippen MR) is 62.8 cm³/mol. The summed E-state index contributed by atoms with van der Waals surface area (Å²) in [5.74, 6) is 0.782. The number of halogens is 3. The number of alkyl halides is 3. The van der Waals surface area contributed by atoms with Crippen LogP contribution in [0.4, 0.5) is 18.9 Å². The van der Waals surface area contributed by atoms with Crippen LogP contribution in [0.25, 0.3) is 0 Å². The van der Waals surface area contributed by atoms with Crippen LogP contribution in [-0.2, 0) is 0 Å². The second-order valence-electron chi connectivity index (χ2n) is 3.80. The van der Waals surface area contributed by atoms with Gasteiger partial charge in [-0.3, -0.25) is 0 Å². The monoisotopic (exact) mass is 263 g/mol. The molecule has 0 fully saturated rings. The van der Waals surface area contributed by atoms with Gasteiger partial charge < -0.3 is 15.2 Å². The highest BCUT2D eigenvalue weighted by Crippen LogP contribution is 2.26. The molecule has 1 aromatic rings. The molecule has 0 radical (unpaired) electrons. The van der Waals surface area contributed by atoms with Crippen LogP contribution in [0.1, 0.15) is 19.8 Å². The molecule has 0 aliphatic heterocycles. The maximum absolute atomic E-state index is 12.0. The minimum Gasteiger partial charge on any atom is -0.493 e. The van der Waals surface area contributed by atoms with Crippen molar-refractivity contribution >= 4 is 5.69 Å². The molecule has 0 amide bonds. The summed E-state index contributed by atoms with van der Waals surface area (Å²) in [5, 5.41) is 0. The third-order valence-corrected chi connectivity index (χ3v) is 2.03. The zero-order chi connectivity index (χ0) is 13.6. The van der Waals surface area contributed by atoms with Crippen LogP contribution in [0.3, 0.4) is 0 Å². The first-order chi connectivity index (χ1) is 8.40. The van der Waals surface area contributed by atoms with E-state index in [1.807, 2.05) is 6.92 Å². The minimum absolute atomic E-state index is 0.283. The molecule has 0 saturated heterocycles. The first-order valence-corrected chi connectivity index (χ1v) is 5.63. The molecule has 0 spiro atoms. The summed E-state index contributed by atoms with van der Waals surface area (Å²) < 4.78 is 46.2. The van der Waals surface area contributed by atoms with Crippen LogP contribution in [0.15, 0.2) is 18.2 Å². The summed E-state index contributed by atoms with van der Waals surface area (Å²) in [6, 6.07) is 4.60. The lowest BCUT2D eigenvalue weighted by molar-refractivity contribution is -0.139. The van der Waals surface area contributed by atoms with Crippen molar-refractivity contribution in [3.63, 3.8) is 0 Å². The van der Waals surface area contributed by atoms with Crippen molar-refractivity contribution in [3.8, 4) is 11.5 Å². The molecule has 102 valence electrons. The Hall–Kier alpha value is -1.59. The van der Waals surface area contributed by atoms with Gasteiger partial charge in [0, 0.05) is 23.9 Å². The van der Waals surface area contributed by atoms with Gasteiger partial charge in [-0.2, -0.15) is 13.2 Å². The topological polar surface area (TPSA) is 44.5 Å². The standard InChI is InChI=1S/C12H16F3NO2/c1-2-4-17-10-6-9(16)7-11(8-10)18-5-3-12(13,14)15/h6-8H,2-5,16H2,1H3. The molecule has 6 heteroatoms. The van der Waals surface area contributed by atoms with Crippen LogP contribution in [0, 0.1) is 0 Å². The Bertz CT molecular complexity index is 380. The zero-order valence-corrected chi connectivity index (χ0v) is 10.1. The fourth-order valence-corrected chi connectivity index (χ4v) is 1.26. The molecule has 18 heavy (non-hydrogen) atoms. The van der Waals surface area contributed by atoms with E-state index >= 15 is 0 Å². The van der Waals surface area contributed by atoms with Crippen LogP contribution in [0.2, 0.25) is 0 Å². The van der Waals surface area contributed by atoms with Gasteiger partial charge in [-0.15, -0.1) is 0 Å². The molecule has 0 aromatic heterocycles. The highest BCUT2D eigenvalue weighted by molar-refractivity contribution is 5.50. The Morgan fingerprint density at radius 2 is 1.61 bits per heavy atom. The van der Waals surface area contributed by atoms with E-state index in [2.05, 4.69) is 0 Å². The predicted octanol–water partition coefficient (Wildman–Crippen LogP) is 3.39. The summed E-state index contributed by atoms with van der Waals surface area (Å²) in [6.45, 7) is 2.04. The molecule has 2 N–H and O–H groups in total. The smallest absolute Gasteiger partial charge is 0.392 e. The fraction of sp³-hybridized carbons (Fsp3) is 0.500. The summed E-state index contributed by atoms with van der Waals surface area (Å²) in [5.41, 5.74) is 6.00. The van der Waals surface area contributed by atoms with Gasteiger partial charge in [-0.05, 0) is 6.42 Å². The molecule has 0 unspecified atom stereocenters. The van der Waals surface area contributed by atoms with E-state index < -0.39 is 19.2 Å². The lowest BCUT2D eigenvalue weighted by atomic mass is 10.3. The van der Waals surface area contributed by atoms with Gasteiger partial charge in [0.25, 0.3) is 0 Å². The normalized spacial score (nSPS) is 11.3. The molecule has 0 heterocycles. The van der Waals surface area contributed by atoms with E-state index in [-0.39, 0.29) is 5.75 Å². The van der Waals surface area contributed by atoms with Crippen molar-refractivity contribution in [1.29, 1.82) is 0 Å². The van der Waals surface area contributed by atoms with Crippen molar-refractivity contribution in [2.24, 2.45) is 0 Å². The van der Waals surface area contributed by atoms with Crippen molar-refractivity contribution in [2.45, 2.75) is 25.9 Å². The third-order valence-electron chi connectivity index (χ3n) is 2.03. The van der Waals surface area contributed by atoms with Crippen molar-refractivity contribution in [2.75, 3.05) is 18.9 Å². The molecule has 3 nitrogen and oxygen atoms in total. The second kappa shape index (κ2) is 6.37. The molecular weight excluding hydrogens is 247 g/mol. The number of hydrogen-bond donors (Lipinski definition) is 1. The van der Waals surface area contributed by atoms with Gasteiger partial charge in [0.05, 0.1) is 19.6 Å². The molecule has 1 rings (SSSR count). The van der Waals surface area contributed by atoms with Crippen LogP contribution in [0.5, 0.6) is 11.5 Å². The number of nitrogens with two attached hydrogens (primary N) is 1. The minimum atomic E-state index is -4.22. The van der Waals surface area contributed by atoms with Gasteiger partial charge >= 0.3 is 6.18 Å². The summed E-state index contributed by atoms with van der Waals surface area (Å²) in [7, 11) is 0. The van der Waals surface area contributed by atoms with E-state index in [1.54, 1.807) is 6.07 Å². The number of anilines is 1. The third kappa shape index (κ3) is 5.65. The highest BCUT2D eigenvalue weighted by Gasteiger charge is 2.26. The molecule has 0 saturated carbocycles. The number of ether oxygens (including phenoxy) is 2. The van der Waals surface area contributed by atoms with E-state index in [1.165, 1.54) is 12.1 Å². The second-order valence-corrected chi connectivity index (χ2v) is 3.80. The Morgan fingerprint density at radius 3 is 2.11 bits per heavy atom. The number of nitrogen functional groups attached to an aromatic ring is 1. The Labute approximate surface area is 104 Å². The Kier molecular flexibility index (Phi) is 5.12. The fourth-order valence-electron chi connectivity index (χ4n) is 1.26. The average molecular weight is 263 g/mol. The highest BCUT2D eigenvalue weighted by atomic mass is 19.4. The quantitative estimate of drug-likeness (QED) is 0.800. The number of hydrogen-bond acceptors (Lipinski definition) is 3. The lowest BCUT2D eigenvalue weighted by Gasteiger charge is -2.11. The molecular formula is C12H16F3NO2. The number of rotatable bonds is 6. The van der Waals surface area contributed by atoms with E-state index in [0.29, 0.717) is 18.0 Å². The molecule has 0 aliphatic rings. The van der Waals surface area contributed by atoms with Gasteiger partial charge in [0.2, 0.25) is 0 Å². The van der Waals surface area contributed by atoms with Crippen molar-refractivity contribution in [3.05, 3.63) is 18.2 Å². The summed E-state index contributed by atoms with van der Waals surface area (Å²) in [6.07, 6.45) is -4.38. The van der Waals surface area contributed by atoms with Gasteiger partial charge in [0.15, 0.2) is 0 Å². The molecule has 0 atom stereocenters. The maximum Gasteiger partial charge on any atom is 0.392 e.